The Balaban J connectivity index is 1.45. The maximum absolute atomic E-state index is 12.7. The van der Waals surface area contributed by atoms with Crippen molar-refractivity contribution in [1.29, 1.82) is 5.26 Å². The van der Waals surface area contributed by atoms with E-state index >= 15 is 0 Å². The second-order valence-corrected chi connectivity index (χ2v) is 7.85. The van der Waals surface area contributed by atoms with Crippen LogP contribution in [-0.4, -0.2) is 36.6 Å². The molecule has 0 unspecified atom stereocenters. The van der Waals surface area contributed by atoms with Crippen LogP contribution in [0.1, 0.15) is 34.3 Å². The number of amides is 2. The summed E-state index contributed by atoms with van der Waals surface area (Å²) in [6.07, 6.45) is 1.22. The molecule has 2 aromatic carbocycles. The fourth-order valence-corrected chi connectivity index (χ4v) is 3.95. The van der Waals surface area contributed by atoms with E-state index in [1.807, 2.05) is 42.5 Å². The van der Waals surface area contributed by atoms with E-state index in [9.17, 15) is 14.9 Å². The van der Waals surface area contributed by atoms with E-state index in [0.717, 1.165) is 16.8 Å². The average molecular weight is 404 g/mol. The molecule has 2 aliphatic rings. The fraction of sp³-hybridized carbons (Fsp3) is 0.348. The van der Waals surface area contributed by atoms with Gasteiger partial charge in [-0.25, -0.2) is 0 Å². The van der Waals surface area contributed by atoms with Crippen LogP contribution in [0.3, 0.4) is 0 Å². The van der Waals surface area contributed by atoms with Gasteiger partial charge in [-0.3, -0.25) is 9.59 Å². The van der Waals surface area contributed by atoms with Crippen molar-refractivity contribution in [1.82, 2.24) is 5.32 Å². The van der Waals surface area contributed by atoms with Crippen LogP contribution < -0.4 is 16.0 Å². The number of nitriles is 1. The van der Waals surface area contributed by atoms with Gasteiger partial charge in [0.2, 0.25) is 5.91 Å². The summed E-state index contributed by atoms with van der Waals surface area (Å²) in [5.41, 5.74) is 8.56. The highest BCUT2D eigenvalue weighted by Crippen LogP contribution is 2.29. The number of fused-ring (bicyclic) bond motifs is 1. The SMILES string of the molecule is N#C[C@@H](Cc1ccc2c(c1)CN(c1ccccc1)C2=O)NC(=O)C1(N)CCOCC1. The Morgan fingerprint density at radius 2 is 1.97 bits per heavy atom. The summed E-state index contributed by atoms with van der Waals surface area (Å²) in [6, 6.07) is 16.6. The van der Waals surface area contributed by atoms with Crippen molar-refractivity contribution in [3.8, 4) is 6.07 Å². The van der Waals surface area contributed by atoms with Crippen LogP contribution >= 0.6 is 0 Å². The minimum absolute atomic E-state index is 0.0301. The van der Waals surface area contributed by atoms with Crippen LogP contribution in [0.15, 0.2) is 48.5 Å². The molecule has 0 aromatic heterocycles. The number of nitrogens with two attached hydrogens (primary N) is 1. The summed E-state index contributed by atoms with van der Waals surface area (Å²) in [5, 5.41) is 12.3. The molecule has 1 saturated heterocycles. The molecule has 2 aliphatic heterocycles. The van der Waals surface area contributed by atoms with E-state index in [0.29, 0.717) is 44.6 Å². The van der Waals surface area contributed by atoms with Crippen LogP contribution in [0, 0.1) is 11.3 Å². The lowest BCUT2D eigenvalue weighted by molar-refractivity contribution is -0.130. The van der Waals surface area contributed by atoms with Crippen LogP contribution in [0.4, 0.5) is 5.69 Å². The van der Waals surface area contributed by atoms with Gasteiger partial charge in [-0.2, -0.15) is 5.26 Å². The predicted octanol–water partition coefficient (Wildman–Crippen LogP) is 1.91. The summed E-state index contributed by atoms with van der Waals surface area (Å²) < 4.78 is 5.28. The largest absolute Gasteiger partial charge is 0.381 e. The van der Waals surface area contributed by atoms with E-state index in [1.54, 1.807) is 11.0 Å². The number of para-hydroxylation sites is 1. The van der Waals surface area contributed by atoms with Gasteiger partial charge in [-0.1, -0.05) is 30.3 Å². The van der Waals surface area contributed by atoms with Crippen LogP contribution in [0.5, 0.6) is 0 Å². The monoisotopic (exact) mass is 404 g/mol. The van der Waals surface area contributed by atoms with Crippen molar-refractivity contribution in [2.45, 2.75) is 37.4 Å². The van der Waals surface area contributed by atoms with Gasteiger partial charge >= 0.3 is 0 Å². The number of rotatable bonds is 5. The first-order valence-electron chi connectivity index (χ1n) is 10.1. The van der Waals surface area contributed by atoms with Crippen LogP contribution in [0.2, 0.25) is 0 Å². The van der Waals surface area contributed by atoms with Crippen molar-refractivity contribution in [3.63, 3.8) is 0 Å². The summed E-state index contributed by atoms with van der Waals surface area (Å²) in [5.74, 6) is -0.346. The lowest BCUT2D eigenvalue weighted by Gasteiger charge is -2.32. The number of carbonyl (C=O) groups excluding carboxylic acids is 2. The number of anilines is 1. The molecule has 0 bridgehead atoms. The van der Waals surface area contributed by atoms with E-state index < -0.39 is 11.6 Å². The molecule has 1 atom stereocenters. The summed E-state index contributed by atoms with van der Waals surface area (Å²) >= 11 is 0. The molecule has 2 amide bonds. The quantitative estimate of drug-likeness (QED) is 0.791. The van der Waals surface area contributed by atoms with Gasteiger partial charge in [0.25, 0.3) is 5.91 Å². The van der Waals surface area contributed by atoms with E-state index in [4.69, 9.17) is 10.5 Å². The van der Waals surface area contributed by atoms with Crippen molar-refractivity contribution < 1.29 is 14.3 Å². The summed E-state index contributed by atoms with van der Waals surface area (Å²) in [7, 11) is 0. The number of hydrogen-bond donors (Lipinski definition) is 2. The molecule has 1 fully saturated rings. The highest BCUT2D eigenvalue weighted by Gasteiger charge is 2.37. The summed E-state index contributed by atoms with van der Waals surface area (Å²) in [4.78, 5) is 27.1. The van der Waals surface area contributed by atoms with Crippen LogP contribution in [0.25, 0.3) is 0 Å². The third-order valence-corrected chi connectivity index (χ3v) is 5.78. The Hall–Kier alpha value is -3.21. The zero-order chi connectivity index (χ0) is 21.1. The number of ether oxygens (including phenoxy) is 1. The third-order valence-electron chi connectivity index (χ3n) is 5.78. The number of benzene rings is 2. The molecule has 7 heteroatoms. The van der Waals surface area contributed by atoms with E-state index in [2.05, 4.69) is 11.4 Å². The minimum Gasteiger partial charge on any atom is -0.381 e. The lowest BCUT2D eigenvalue weighted by Crippen LogP contribution is -2.58. The molecule has 4 rings (SSSR count). The topological polar surface area (TPSA) is 108 Å². The second kappa shape index (κ2) is 8.27. The molecule has 0 aliphatic carbocycles. The van der Waals surface area contributed by atoms with Gasteiger partial charge < -0.3 is 20.7 Å². The van der Waals surface area contributed by atoms with Crippen LogP contribution in [-0.2, 0) is 22.5 Å². The molecule has 2 heterocycles. The predicted molar refractivity (Wildman–Crippen MR) is 112 cm³/mol. The van der Waals surface area contributed by atoms with Crippen molar-refractivity contribution in [2.75, 3.05) is 18.1 Å². The lowest BCUT2D eigenvalue weighted by atomic mass is 9.90. The Morgan fingerprint density at radius 3 is 2.67 bits per heavy atom. The molecule has 0 spiro atoms. The molecule has 2 aromatic rings. The van der Waals surface area contributed by atoms with E-state index in [-0.39, 0.29) is 11.8 Å². The molecule has 0 saturated carbocycles. The first-order chi connectivity index (χ1) is 14.5. The number of nitrogens with zero attached hydrogens (tertiary/aromatic N) is 2. The molecule has 3 N–H and O–H groups in total. The van der Waals surface area contributed by atoms with Gasteiger partial charge in [0.1, 0.15) is 6.04 Å². The standard InChI is InChI=1S/C23H24N4O3/c24-14-18(26-22(29)23(25)8-10-30-11-9-23)13-16-6-7-20-17(12-16)15-27(21(20)28)19-4-2-1-3-5-19/h1-7,12,18H,8-11,13,15,25H2,(H,26,29)/t18-/m1/s1. The highest BCUT2D eigenvalue weighted by atomic mass is 16.5. The Bertz CT molecular complexity index is 993. The number of nitrogens with one attached hydrogen (secondary N) is 1. The van der Waals surface area contributed by atoms with Crippen molar-refractivity contribution >= 4 is 17.5 Å². The highest BCUT2D eigenvalue weighted by molar-refractivity contribution is 6.10. The fourth-order valence-electron chi connectivity index (χ4n) is 3.95. The van der Waals surface area contributed by atoms with Gasteiger partial charge in [0.05, 0.1) is 18.2 Å². The Morgan fingerprint density at radius 1 is 1.23 bits per heavy atom. The molecular weight excluding hydrogens is 380 g/mol. The molecule has 154 valence electrons. The van der Waals surface area contributed by atoms with Gasteiger partial charge in [0, 0.05) is 30.9 Å². The van der Waals surface area contributed by atoms with Crippen molar-refractivity contribution in [3.05, 3.63) is 65.2 Å². The maximum Gasteiger partial charge on any atom is 0.258 e. The Labute approximate surface area is 175 Å². The smallest absolute Gasteiger partial charge is 0.258 e. The molecule has 0 radical (unpaired) electrons. The van der Waals surface area contributed by atoms with Gasteiger partial charge in [-0.15, -0.1) is 0 Å². The molecule has 7 nitrogen and oxygen atoms in total. The minimum atomic E-state index is -0.992. The second-order valence-electron chi connectivity index (χ2n) is 7.85. The molecular formula is C23H24N4O3. The zero-order valence-electron chi connectivity index (χ0n) is 16.6. The number of carbonyl (C=O) groups is 2. The number of hydrogen-bond acceptors (Lipinski definition) is 5. The first kappa shape index (κ1) is 20.1. The van der Waals surface area contributed by atoms with E-state index in [1.165, 1.54) is 0 Å². The van der Waals surface area contributed by atoms with Gasteiger partial charge in [-0.05, 0) is 42.2 Å². The Kier molecular flexibility index (Phi) is 5.53. The maximum atomic E-state index is 12.7. The first-order valence-corrected chi connectivity index (χ1v) is 10.1. The van der Waals surface area contributed by atoms with Gasteiger partial charge in [0.15, 0.2) is 0 Å². The van der Waals surface area contributed by atoms with Crippen molar-refractivity contribution in [2.24, 2.45) is 5.73 Å². The zero-order valence-corrected chi connectivity index (χ0v) is 16.6. The summed E-state index contributed by atoms with van der Waals surface area (Å²) in [6.45, 7) is 1.37. The normalized spacial score (nSPS) is 18.4. The molecule has 30 heavy (non-hydrogen) atoms. The third kappa shape index (κ3) is 3.92. The average Bonchev–Trinajstić information content (AvgIpc) is 3.10.